The first kappa shape index (κ1) is 20.1. The number of alkyl halides is 7. The Kier molecular flexibility index (Phi) is 5.31. The number of ether oxygens (including phenoxy) is 2. The molecule has 3 nitrogen and oxygen atoms in total. The van der Waals surface area contributed by atoms with Crippen LogP contribution in [0.15, 0.2) is 48.5 Å². The summed E-state index contributed by atoms with van der Waals surface area (Å²) in [6.45, 7) is -0.608. The number of nitrogens with zero attached hydrogens (tertiary/aromatic N) is 1. The van der Waals surface area contributed by atoms with Gasteiger partial charge >= 0.3 is 18.7 Å². The molecule has 0 fully saturated rings. The predicted molar refractivity (Wildman–Crippen MR) is 86.0 cm³/mol. The van der Waals surface area contributed by atoms with Gasteiger partial charge in [-0.15, -0.1) is 0 Å². The maximum absolute atomic E-state index is 13.1. The summed E-state index contributed by atoms with van der Waals surface area (Å²) >= 11 is 0. The van der Waals surface area contributed by atoms with Gasteiger partial charge in [-0.2, -0.15) is 30.7 Å². The van der Waals surface area contributed by atoms with Gasteiger partial charge in [-0.3, -0.25) is 0 Å². The fraction of sp³-hybridized carbons (Fsp3) is 0.333. The molecule has 28 heavy (non-hydrogen) atoms. The molecule has 0 N–H and O–H groups in total. The smallest absolute Gasteiger partial charge is 0.461 e. The fourth-order valence-corrected chi connectivity index (χ4v) is 2.76. The molecule has 0 bridgehead atoms. The van der Waals surface area contributed by atoms with Crippen LogP contribution in [0.1, 0.15) is 5.56 Å². The van der Waals surface area contributed by atoms with E-state index >= 15 is 0 Å². The van der Waals surface area contributed by atoms with Crippen molar-refractivity contribution in [1.82, 2.24) is 0 Å². The molecule has 0 saturated heterocycles. The van der Waals surface area contributed by atoms with E-state index in [-0.39, 0.29) is 12.3 Å². The van der Waals surface area contributed by atoms with E-state index in [1.165, 1.54) is 29.2 Å². The van der Waals surface area contributed by atoms with Gasteiger partial charge in [0.2, 0.25) is 6.10 Å². The van der Waals surface area contributed by atoms with Crippen molar-refractivity contribution in [2.45, 2.75) is 31.4 Å². The molecule has 2 aromatic rings. The molecule has 1 aliphatic rings. The molecular weight excluding hydrogens is 395 g/mol. The highest BCUT2D eigenvalue weighted by molar-refractivity contribution is 5.60. The average Bonchev–Trinajstić information content (AvgIpc) is 2.60. The van der Waals surface area contributed by atoms with E-state index in [0.29, 0.717) is 11.3 Å². The SMILES string of the molecule is FC(F)C(F)(F)Oc1cccc(CN2CC(C(F)(F)F)Oc3ccccc32)c1. The Labute approximate surface area is 155 Å². The van der Waals surface area contributed by atoms with Crippen LogP contribution in [-0.4, -0.2) is 31.4 Å². The lowest BCUT2D eigenvalue weighted by Gasteiger charge is -2.37. The van der Waals surface area contributed by atoms with Crippen LogP contribution in [0.4, 0.5) is 36.4 Å². The van der Waals surface area contributed by atoms with Crippen molar-refractivity contribution in [2.75, 3.05) is 11.4 Å². The summed E-state index contributed by atoms with van der Waals surface area (Å²) in [5.74, 6) is -0.482. The number of halogens is 7. The van der Waals surface area contributed by atoms with Gasteiger partial charge in [0.05, 0.1) is 12.2 Å². The van der Waals surface area contributed by atoms with Gasteiger partial charge in [0.1, 0.15) is 11.5 Å². The molecule has 1 aliphatic heterocycles. The highest BCUT2D eigenvalue weighted by atomic mass is 19.4. The zero-order valence-electron chi connectivity index (χ0n) is 14.1. The van der Waals surface area contributed by atoms with Crippen molar-refractivity contribution in [3.63, 3.8) is 0 Å². The molecule has 0 aliphatic carbocycles. The number of para-hydroxylation sites is 2. The highest BCUT2D eigenvalue weighted by Gasteiger charge is 2.46. The summed E-state index contributed by atoms with van der Waals surface area (Å²) < 4.78 is 99.2. The topological polar surface area (TPSA) is 21.7 Å². The second kappa shape index (κ2) is 7.40. The van der Waals surface area contributed by atoms with Gasteiger partial charge in [-0.25, -0.2) is 0 Å². The Balaban J connectivity index is 1.84. The van der Waals surface area contributed by atoms with Crippen molar-refractivity contribution >= 4 is 5.69 Å². The summed E-state index contributed by atoms with van der Waals surface area (Å²) in [6.07, 6.45) is -15.4. The molecule has 10 heteroatoms. The first-order valence-electron chi connectivity index (χ1n) is 8.07. The van der Waals surface area contributed by atoms with Crippen LogP contribution in [0, 0.1) is 0 Å². The molecule has 3 rings (SSSR count). The Hall–Kier alpha value is -2.65. The van der Waals surface area contributed by atoms with Crippen molar-refractivity contribution in [3.8, 4) is 11.5 Å². The number of fused-ring (bicyclic) bond motifs is 1. The number of anilines is 1. The Morgan fingerprint density at radius 1 is 1.04 bits per heavy atom. The molecule has 2 aromatic carbocycles. The lowest BCUT2D eigenvalue weighted by atomic mass is 10.1. The molecule has 1 atom stereocenters. The average molecular weight is 409 g/mol. The fourth-order valence-electron chi connectivity index (χ4n) is 2.76. The quantitative estimate of drug-likeness (QED) is 0.630. The second-order valence-corrected chi connectivity index (χ2v) is 6.11. The van der Waals surface area contributed by atoms with E-state index in [4.69, 9.17) is 4.74 Å². The van der Waals surface area contributed by atoms with Crippen molar-refractivity contribution in [2.24, 2.45) is 0 Å². The third kappa shape index (κ3) is 4.42. The first-order chi connectivity index (χ1) is 13.1. The minimum atomic E-state index is -4.68. The van der Waals surface area contributed by atoms with Crippen LogP contribution in [0.3, 0.4) is 0 Å². The summed E-state index contributed by atoms with van der Waals surface area (Å²) in [5.41, 5.74) is 0.701. The monoisotopic (exact) mass is 409 g/mol. The molecular formula is C18H14F7NO2. The molecule has 0 radical (unpaired) electrons. The third-order valence-electron chi connectivity index (χ3n) is 4.01. The van der Waals surface area contributed by atoms with E-state index in [2.05, 4.69) is 4.74 Å². The van der Waals surface area contributed by atoms with E-state index in [0.717, 1.165) is 12.1 Å². The normalized spacial score (nSPS) is 17.3. The summed E-state index contributed by atoms with van der Waals surface area (Å²) in [7, 11) is 0. The van der Waals surface area contributed by atoms with Crippen LogP contribution in [-0.2, 0) is 6.54 Å². The van der Waals surface area contributed by atoms with Crippen molar-refractivity contribution < 1.29 is 40.2 Å². The van der Waals surface area contributed by atoms with Crippen LogP contribution in [0.5, 0.6) is 11.5 Å². The van der Waals surface area contributed by atoms with Crippen LogP contribution in [0.25, 0.3) is 0 Å². The molecule has 0 aromatic heterocycles. The van der Waals surface area contributed by atoms with Crippen molar-refractivity contribution in [1.29, 1.82) is 0 Å². The van der Waals surface area contributed by atoms with E-state index < -0.39 is 37.1 Å². The van der Waals surface area contributed by atoms with E-state index in [1.807, 2.05) is 0 Å². The number of hydrogen-bond acceptors (Lipinski definition) is 3. The Morgan fingerprint density at radius 2 is 1.75 bits per heavy atom. The number of benzene rings is 2. The van der Waals surface area contributed by atoms with Gasteiger partial charge in [-0.1, -0.05) is 24.3 Å². The molecule has 1 heterocycles. The maximum atomic E-state index is 13.1. The van der Waals surface area contributed by atoms with Gasteiger partial charge < -0.3 is 14.4 Å². The molecule has 152 valence electrons. The van der Waals surface area contributed by atoms with Gasteiger partial charge in [-0.05, 0) is 29.8 Å². The molecule has 0 amide bonds. The zero-order valence-corrected chi connectivity index (χ0v) is 14.1. The summed E-state index contributed by atoms with van der Waals surface area (Å²) in [4.78, 5) is 1.38. The lowest BCUT2D eigenvalue weighted by Crippen LogP contribution is -2.47. The Morgan fingerprint density at radius 3 is 2.43 bits per heavy atom. The van der Waals surface area contributed by atoms with Gasteiger partial charge in [0, 0.05) is 6.54 Å². The minimum absolute atomic E-state index is 0.0349. The van der Waals surface area contributed by atoms with Crippen molar-refractivity contribution in [3.05, 3.63) is 54.1 Å². The zero-order chi connectivity index (χ0) is 20.5. The van der Waals surface area contributed by atoms with Crippen LogP contribution >= 0.6 is 0 Å². The third-order valence-corrected chi connectivity index (χ3v) is 4.01. The standard InChI is InChI=1S/C18H14F7NO2/c19-16(20)18(24,25)28-12-5-3-4-11(8-12)9-26-10-15(17(21,22)23)27-14-7-2-1-6-13(14)26/h1-8,15-16H,9-10H2. The summed E-state index contributed by atoms with van der Waals surface area (Å²) in [5, 5.41) is 0. The molecule has 0 saturated carbocycles. The van der Waals surface area contributed by atoms with Crippen LogP contribution in [0.2, 0.25) is 0 Å². The predicted octanol–water partition coefficient (Wildman–Crippen LogP) is 5.25. The van der Waals surface area contributed by atoms with Gasteiger partial charge in [0.15, 0.2) is 0 Å². The number of hydrogen-bond donors (Lipinski definition) is 0. The number of rotatable bonds is 5. The molecule has 1 unspecified atom stereocenters. The van der Waals surface area contributed by atoms with E-state index in [1.54, 1.807) is 12.1 Å². The second-order valence-electron chi connectivity index (χ2n) is 6.11. The first-order valence-corrected chi connectivity index (χ1v) is 8.07. The minimum Gasteiger partial charge on any atom is -0.477 e. The Bertz CT molecular complexity index is 826. The maximum Gasteiger partial charge on any atom is 0.461 e. The van der Waals surface area contributed by atoms with Crippen LogP contribution < -0.4 is 14.4 Å². The van der Waals surface area contributed by atoms with E-state index in [9.17, 15) is 30.7 Å². The van der Waals surface area contributed by atoms with Gasteiger partial charge in [0.25, 0.3) is 0 Å². The highest BCUT2D eigenvalue weighted by Crippen LogP contribution is 2.38. The largest absolute Gasteiger partial charge is 0.477 e. The summed E-state index contributed by atoms with van der Waals surface area (Å²) in [6, 6.07) is 11.0. The molecule has 0 spiro atoms. The lowest BCUT2D eigenvalue weighted by molar-refractivity contribution is -0.253.